The Morgan fingerprint density at radius 3 is 2.73 bits per heavy atom. The van der Waals surface area contributed by atoms with Crippen LogP contribution in [0, 0.1) is 0 Å². The van der Waals surface area contributed by atoms with Gasteiger partial charge in [0.25, 0.3) is 5.91 Å². The van der Waals surface area contributed by atoms with E-state index in [0.29, 0.717) is 25.9 Å². The highest BCUT2D eigenvalue weighted by atomic mass is 16.6. The molecule has 1 N–H and O–H groups in total. The Bertz CT molecular complexity index is 225. The Kier molecular flexibility index (Phi) is 3.56. The molecule has 5 heteroatoms. The van der Waals surface area contributed by atoms with Crippen molar-refractivity contribution in [2.45, 2.75) is 19.1 Å². The van der Waals surface area contributed by atoms with Gasteiger partial charge in [-0.1, -0.05) is 0 Å². The van der Waals surface area contributed by atoms with Crippen molar-refractivity contribution in [3.63, 3.8) is 0 Å². The van der Waals surface area contributed by atoms with Gasteiger partial charge in [0, 0.05) is 19.6 Å². The average molecular weight is 214 g/mol. The molecule has 0 aromatic heterocycles. The lowest BCUT2D eigenvalue weighted by atomic mass is 10.1. The van der Waals surface area contributed by atoms with E-state index in [0.717, 1.165) is 19.6 Å². The molecular formula is C10H18N2O3. The van der Waals surface area contributed by atoms with Crippen molar-refractivity contribution in [2.75, 3.05) is 39.5 Å². The molecule has 0 aliphatic carbocycles. The van der Waals surface area contributed by atoms with E-state index >= 15 is 0 Å². The second-order valence-electron chi connectivity index (χ2n) is 3.87. The number of hydrogen-bond donors (Lipinski definition) is 1. The van der Waals surface area contributed by atoms with Crippen molar-refractivity contribution in [1.82, 2.24) is 10.2 Å². The maximum absolute atomic E-state index is 12.1. The van der Waals surface area contributed by atoms with E-state index in [1.54, 1.807) is 0 Å². The van der Waals surface area contributed by atoms with Crippen LogP contribution in [0.5, 0.6) is 0 Å². The molecule has 2 rings (SSSR count). The monoisotopic (exact) mass is 214 g/mol. The second-order valence-corrected chi connectivity index (χ2v) is 3.87. The fraction of sp³-hybridized carbons (Fsp3) is 0.900. The highest BCUT2D eigenvalue weighted by Crippen LogP contribution is 2.11. The fourth-order valence-corrected chi connectivity index (χ4v) is 1.90. The average Bonchev–Trinajstić information content (AvgIpc) is 2.23. The summed E-state index contributed by atoms with van der Waals surface area (Å²) < 4.78 is 10.6. The highest BCUT2D eigenvalue weighted by Gasteiger charge is 2.33. The molecule has 2 fully saturated rings. The molecule has 86 valence electrons. The van der Waals surface area contributed by atoms with Crippen molar-refractivity contribution < 1.29 is 14.3 Å². The van der Waals surface area contributed by atoms with Gasteiger partial charge in [-0.25, -0.2) is 0 Å². The first-order valence-corrected chi connectivity index (χ1v) is 5.53. The van der Waals surface area contributed by atoms with Crippen LogP contribution in [-0.4, -0.2) is 62.4 Å². The van der Waals surface area contributed by atoms with E-state index in [1.807, 2.05) is 11.8 Å². The van der Waals surface area contributed by atoms with Crippen LogP contribution >= 0.6 is 0 Å². The Balaban J connectivity index is 1.90. The second kappa shape index (κ2) is 4.92. The summed E-state index contributed by atoms with van der Waals surface area (Å²) in [6.07, 6.45) is -0.390. The van der Waals surface area contributed by atoms with Crippen LogP contribution in [0.1, 0.15) is 6.92 Å². The number of nitrogens with zero attached hydrogens (tertiary/aromatic N) is 1. The van der Waals surface area contributed by atoms with Gasteiger partial charge in [0.1, 0.15) is 0 Å². The molecule has 0 spiro atoms. The molecule has 0 saturated carbocycles. The van der Waals surface area contributed by atoms with Gasteiger partial charge >= 0.3 is 0 Å². The normalized spacial score (nSPS) is 27.1. The number of ether oxygens (including phenoxy) is 2. The number of likely N-dealkylation sites (N-methyl/N-ethyl adjacent to an activating group) is 1. The van der Waals surface area contributed by atoms with Crippen molar-refractivity contribution in [3.8, 4) is 0 Å². The number of hydrogen-bond acceptors (Lipinski definition) is 4. The van der Waals surface area contributed by atoms with E-state index in [-0.39, 0.29) is 12.0 Å². The maximum atomic E-state index is 12.1. The predicted molar refractivity (Wildman–Crippen MR) is 54.6 cm³/mol. The van der Waals surface area contributed by atoms with Crippen molar-refractivity contribution in [2.24, 2.45) is 0 Å². The standard InChI is InChI=1S/C10H18N2O3/c1-2-12(8-5-11-6-8)10(13)9-7-14-3-4-15-9/h8-9,11H,2-7H2,1H3. The van der Waals surface area contributed by atoms with E-state index in [4.69, 9.17) is 9.47 Å². The molecule has 0 bridgehead atoms. The molecule has 1 amide bonds. The van der Waals surface area contributed by atoms with Crippen LogP contribution in [0.25, 0.3) is 0 Å². The summed E-state index contributed by atoms with van der Waals surface area (Å²) in [5, 5.41) is 3.17. The van der Waals surface area contributed by atoms with Crippen LogP contribution in [-0.2, 0) is 14.3 Å². The molecule has 15 heavy (non-hydrogen) atoms. The zero-order valence-corrected chi connectivity index (χ0v) is 9.07. The summed E-state index contributed by atoms with van der Waals surface area (Å²) in [4.78, 5) is 13.9. The predicted octanol–water partition coefficient (Wildman–Crippen LogP) is -0.778. The lowest BCUT2D eigenvalue weighted by molar-refractivity contribution is -0.160. The summed E-state index contributed by atoms with van der Waals surface area (Å²) in [6.45, 7) is 6.05. The Morgan fingerprint density at radius 2 is 2.27 bits per heavy atom. The maximum Gasteiger partial charge on any atom is 0.254 e. The summed E-state index contributed by atoms with van der Waals surface area (Å²) in [7, 11) is 0. The van der Waals surface area contributed by atoms with Crippen LogP contribution in [0.3, 0.4) is 0 Å². The van der Waals surface area contributed by atoms with Crippen LogP contribution < -0.4 is 5.32 Å². The molecule has 2 aliphatic heterocycles. The number of rotatable bonds is 3. The Labute approximate surface area is 89.7 Å². The van der Waals surface area contributed by atoms with Gasteiger partial charge in [-0.05, 0) is 6.92 Å². The van der Waals surface area contributed by atoms with Gasteiger partial charge in [-0.2, -0.15) is 0 Å². The minimum Gasteiger partial charge on any atom is -0.376 e. The molecule has 5 nitrogen and oxygen atoms in total. The molecule has 2 aliphatic rings. The van der Waals surface area contributed by atoms with Crippen molar-refractivity contribution in [3.05, 3.63) is 0 Å². The molecule has 0 aromatic carbocycles. The molecule has 2 saturated heterocycles. The SMILES string of the molecule is CCN(C(=O)C1COCCO1)C1CNC1. The van der Waals surface area contributed by atoms with Gasteiger partial charge < -0.3 is 19.7 Å². The quantitative estimate of drug-likeness (QED) is 0.670. The zero-order valence-electron chi connectivity index (χ0n) is 9.07. The molecule has 0 radical (unpaired) electrons. The van der Waals surface area contributed by atoms with Crippen LogP contribution in [0.2, 0.25) is 0 Å². The number of nitrogens with one attached hydrogen (secondary N) is 1. The lowest BCUT2D eigenvalue weighted by Gasteiger charge is -2.39. The zero-order chi connectivity index (χ0) is 10.7. The van der Waals surface area contributed by atoms with Crippen molar-refractivity contribution >= 4 is 5.91 Å². The van der Waals surface area contributed by atoms with Gasteiger partial charge in [0.2, 0.25) is 0 Å². The molecule has 2 heterocycles. The third-order valence-corrected chi connectivity index (χ3v) is 2.92. The van der Waals surface area contributed by atoms with Gasteiger partial charge in [0.15, 0.2) is 6.10 Å². The largest absolute Gasteiger partial charge is 0.376 e. The molecular weight excluding hydrogens is 196 g/mol. The Morgan fingerprint density at radius 1 is 1.47 bits per heavy atom. The first-order chi connectivity index (χ1) is 7.33. The number of carbonyl (C=O) groups is 1. The minimum absolute atomic E-state index is 0.0729. The fourth-order valence-electron chi connectivity index (χ4n) is 1.90. The van der Waals surface area contributed by atoms with E-state index in [2.05, 4.69) is 5.32 Å². The first kappa shape index (κ1) is 10.9. The van der Waals surface area contributed by atoms with Crippen LogP contribution in [0.15, 0.2) is 0 Å². The third kappa shape index (κ3) is 2.30. The molecule has 1 atom stereocenters. The third-order valence-electron chi connectivity index (χ3n) is 2.92. The topological polar surface area (TPSA) is 50.8 Å². The van der Waals surface area contributed by atoms with E-state index in [9.17, 15) is 4.79 Å². The molecule has 1 unspecified atom stereocenters. The smallest absolute Gasteiger partial charge is 0.254 e. The lowest BCUT2D eigenvalue weighted by Crippen LogP contribution is -2.61. The first-order valence-electron chi connectivity index (χ1n) is 5.53. The summed E-state index contributed by atoms with van der Waals surface area (Å²) in [6, 6.07) is 0.341. The molecule has 0 aromatic rings. The summed E-state index contributed by atoms with van der Waals surface area (Å²) in [5.74, 6) is 0.0729. The van der Waals surface area contributed by atoms with Crippen molar-refractivity contribution in [1.29, 1.82) is 0 Å². The van der Waals surface area contributed by atoms with E-state index in [1.165, 1.54) is 0 Å². The number of amides is 1. The minimum atomic E-state index is -0.390. The Hall–Kier alpha value is -0.650. The van der Waals surface area contributed by atoms with Gasteiger partial charge in [-0.15, -0.1) is 0 Å². The van der Waals surface area contributed by atoms with Crippen LogP contribution in [0.4, 0.5) is 0 Å². The summed E-state index contributed by atoms with van der Waals surface area (Å²) >= 11 is 0. The highest BCUT2D eigenvalue weighted by molar-refractivity contribution is 5.81. The van der Waals surface area contributed by atoms with Gasteiger partial charge in [0.05, 0.1) is 25.9 Å². The van der Waals surface area contributed by atoms with E-state index < -0.39 is 0 Å². The number of carbonyl (C=O) groups excluding carboxylic acids is 1. The van der Waals surface area contributed by atoms with Gasteiger partial charge in [-0.3, -0.25) is 4.79 Å². The summed E-state index contributed by atoms with van der Waals surface area (Å²) in [5.41, 5.74) is 0.